The molecule has 1 aromatic rings. The van der Waals surface area contributed by atoms with Crippen LogP contribution in [0.2, 0.25) is 0 Å². The molecular formula is C12H14FN. The van der Waals surface area contributed by atoms with E-state index >= 15 is 0 Å². The van der Waals surface area contributed by atoms with Gasteiger partial charge in [-0.1, -0.05) is 6.07 Å². The Morgan fingerprint density at radius 2 is 1.86 bits per heavy atom. The summed E-state index contributed by atoms with van der Waals surface area (Å²) < 4.78 is 13.0. The van der Waals surface area contributed by atoms with Gasteiger partial charge in [0.2, 0.25) is 0 Å². The molecule has 2 saturated heterocycles. The van der Waals surface area contributed by atoms with Gasteiger partial charge in [-0.15, -0.1) is 0 Å². The predicted octanol–water partition coefficient (Wildman–Crippen LogP) is 2.67. The zero-order valence-corrected chi connectivity index (χ0v) is 8.12. The third-order valence-corrected chi connectivity index (χ3v) is 3.46. The zero-order valence-electron chi connectivity index (χ0n) is 8.12. The van der Waals surface area contributed by atoms with Crippen LogP contribution in [0.1, 0.15) is 12.8 Å². The quantitative estimate of drug-likeness (QED) is 0.659. The zero-order chi connectivity index (χ0) is 9.54. The van der Waals surface area contributed by atoms with E-state index in [1.807, 2.05) is 6.07 Å². The highest BCUT2D eigenvalue weighted by Gasteiger charge is 2.36. The molecule has 4 rings (SSSR count). The van der Waals surface area contributed by atoms with Crippen LogP contribution in [0.3, 0.4) is 0 Å². The second-order valence-electron chi connectivity index (χ2n) is 4.59. The first kappa shape index (κ1) is 8.27. The number of piperidine rings is 2. The fraction of sp³-hybridized carbons (Fsp3) is 0.500. The third-order valence-electron chi connectivity index (χ3n) is 3.46. The summed E-state index contributed by atoms with van der Waals surface area (Å²) >= 11 is 0. The third kappa shape index (κ3) is 1.29. The van der Waals surface area contributed by atoms with E-state index in [1.165, 1.54) is 18.9 Å². The molecule has 3 aliphatic rings. The van der Waals surface area contributed by atoms with E-state index in [0.29, 0.717) is 0 Å². The van der Waals surface area contributed by atoms with E-state index in [-0.39, 0.29) is 5.82 Å². The van der Waals surface area contributed by atoms with Crippen molar-refractivity contribution in [1.82, 2.24) is 0 Å². The van der Waals surface area contributed by atoms with Crippen molar-refractivity contribution in [3.63, 3.8) is 0 Å². The number of benzene rings is 1. The summed E-state index contributed by atoms with van der Waals surface area (Å²) in [6, 6.07) is 6.96. The first-order valence-corrected chi connectivity index (χ1v) is 5.32. The van der Waals surface area contributed by atoms with Crippen molar-refractivity contribution in [2.45, 2.75) is 12.8 Å². The van der Waals surface area contributed by atoms with Gasteiger partial charge in [-0.25, -0.2) is 4.39 Å². The highest BCUT2D eigenvalue weighted by molar-refractivity contribution is 5.47. The maximum absolute atomic E-state index is 13.0. The molecule has 1 nitrogen and oxygen atoms in total. The smallest absolute Gasteiger partial charge is 0.125 e. The summed E-state index contributed by atoms with van der Waals surface area (Å²) in [5.74, 6) is 1.62. The molecule has 1 aromatic carbocycles. The summed E-state index contributed by atoms with van der Waals surface area (Å²) in [7, 11) is 0. The van der Waals surface area contributed by atoms with Crippen LogP contribution in [-0.4, -0.2) is 13.1 Å². The molecule has 1 aliphatic carbocycles. The van der Waals surface area contributed by atoms with Gasteiger partial charge in [-0.2, -0.15) is 0 Å². The van der Waals surface area contributed by atoms with Crippen molar-refractivity contribution in [2.75, 3.05) is 18.0 Å². The topological polar surface area (TPSA) is 3.24 Å². The van der Waals surface area contributed by atoms with Gasteiger partial charge < -0.3 is 4.90 Å². The first-order valence-electron chi connectivity index (χ1n) is 5.32. The van der Waals surface area contributed by atoms with Crippen LogP contribution >= 0.6 is 0 Å². The molecule has 0 amide bonds. The van der Waals surface area contributed by atoms with Gasteiger partial charge in [0.05, 0.1) is 0 Å². The lowest BCUT2D eigenvalue weighted by Crippen LogP contribution is -2.48. The van der Waals surface area contributed by atoms with Crippen LogP contribution in [0.15, 0.2) is 24.3 Å². The molecule has 2 heteroatoms. The SMILES string of the molecule is Fc1cccc(N2CC3CC(C3)C2)c1. The Hall–Kier alpha value is -1.05. The van der Waals surface area contributed by atoms with E-state index in [4.69, 9.17) is 0 Å². The van der Waals surface area contributed by atoms with E-state index in [1.54, 1.807) is 12.1 Å². The van der Waals surface area contributed by atoms with Crippen molar-refractivity contribution in [2.24, 2.45) is 11.8 Å². The van der Waals surface area contributed by atoms with Gasteiger partial charge >= 0.3 is 0 Å². The molecule has 14 heavy (non-hydrogen) atoms. The van der Waals surface area contributed by atoms with Gasteiger partial charge in [0.25, 0.3) is 0 Å². The van der Waals surface area contributed by atoms with Gasteiger partial charge in [0.1, 0.15) is 5.82 Å². The maximum atomic E-state index is 13.0. The molecule has 74 valence electrons. The number of anilines is 1. The van der Waals surface area contributed by atoms with Crippen molar-refractivity contribution in [3.8, 4) is 0 Å². The van der Waals surface area contributed by atoms with Crippen LogP contribution in [0, 0.1) is 17.7 Å². The standard InChI is InChI=1S/C12H14FN/c13-11-2-1-3-12(6-11)14-7-9-4-10(5-9)8-14/h1-3,6,9-10H,4-5,7-8H2. The lowest BCUT2D eigenvalue weighted by Gasteiger charge is -2.48. The van der Waals surface area contributed by atoms with Gasteiger partial charge in [0.15, 0.2) is 0 Å². The summed E-state index contributed by atoms with van der Waals surface area (Å²) in [5, 5.41) is 0. The number of rotatable bonds is 1. The first-order chi connectivity index (χ1) is 6.81. The van der Waals surface area contributed by atoms with Crippen LogP contribution in [0.4, 0.5) is 10.1 Å². The summed E-state index contributed by atoms with van der Waals surface area (Å²) in [5.41, 5.74) is 1.06. The Bertz CT molecular complexity index is 334. The Labute approximate surface area is 83.5 Å². The van der Waals surface area contributed by atoms with Crippen molar-refractivity contribution in [1.29, 1.82) is 0 Å². The largest absolute Gasteiger partial charge is 0.371 e. The molecule has 0 N–H and O–H groups in total. The summed E-state index contributed by atoms with van der Waals surface area (Å²) in [6.45, 7) is 2.25. The van der Waals surface area contributed by atoms with E-state index < -0.39 is 0 Å². The molecule has 0 aromatic heterocycles. The normalized spacial score (nSPS) is 29.9. The maximum Gasteiger partial charge on any atom is 0.125 e. The van der Waals surface area contributed by atoms with E-state index in [2.05, 4.69) is 4.90 Å². The minimum absolute atomic E-state index is 0.123. The molecule has 2 aliphatic heterocycles. The highest BCUT2D eigenvalue weighted by atomic mass is 19.1. The number of fused-ring (bicyclic) bond motifs is 2. The number of hydrogen-bond acceptors (Lipinski definition) is 1. The molecule has 0 spiro atoms. The molecule has 1 saturated carbocycles. The van der Waals surface area contributed by atoms with Gasteiger partial charge in [0, 0.05) is 18.8 Å². The van der Waals surface area contributed by atoms with Crippen LogP contribution in [0.5, 0.6) is 0 Å². The average Bonchev–Trinajstić information content (AvgIpc) is 2.17. The fourth-order valence-electron chi connectivity index (χ4n) is 2.75. The van der Waals surface area contributed by atoms with Gasteiger partial charge in [-0.05, 0) is 42.9 Å². The highest BCUT2D eigenvalue weighted by Crippen LogP contribution is 2.40. The number of nitrogens with zero attached hydrogens (tertiary/aromatic N) is 1. The lowest BCUT2D eigenvalue weighted by molar-refractivity contribution is 0.159. The van der Waals surface area contributed by atoms with Crippen molar-refractivity contribution in [3.05, 3.63) is 30.1 Å². The fourth-order valence-corrected chi connectivity index (χ4v) is 2.75. The molecule has 3 fully saturated rings. The minimum atomic E-state index is -0.123. The van der Waals surface area contributed by atoms with Gasteiger partial charge in [-0.3, -0.25) is 0 Å². The second kappa shape index (κ2) is 2.97. The predicted molar refractivity (Wildman–Crippen MR) is 54.8 cm³/mol. The van der Waals surface area contributed by atoms with E-state index in [0.717, 1.165) is 30.6 Å². The summed E-state index contributed by atoms with van der Waals surface area (Å²) in [4.78, 5) is 2.32. The molecule has 2 heterocycles. The van der Waals surface area contributed by atoms with Crippen molar-refractivity contribution < 1.29 is 4.39 Å². The molecule has 0 atom stereocenters. The molecular weight excluding hydrogens is 177 g/mol. The Morgan fingerprint density at radius 3 is 2.50 bits per heavy atom. The summed E-state index contributed by atoms with van der Waals surface area (Å²) in [6.07, 6.45) is 2.79. The number of hydrogen-bond donors (Lipinski definition) is 0. The van der Waals surface area contributed by atoms with Crippen LogP contribution < -0.4 is 4.90 Å². The Balaban J connectivity index is 1.82. The van der Waals surface area contributed by atoms with Crippen molar-refractivity contribution >= 4 is 5.69 Å². The molecule has 0 unspecified atom stereocenters. The van der Waals surface area contributed by atoms with E-state index in [9.17, 15) is 4.39 Å². The average molecular weight is 191 g/mol. The Morgan fingerprint density at radius 1 is 1.14 bits per heavy atom. The second-order valence-corrected chi connectivity index (χ2v) is 4.59. The molecule has 0 radical (unpaired) electrons. The lowest BCUT2D eigenvalue weighted by atomic mass is 9.71. The number of halogens is 1. The van der Waals surface area contributed by atoms with Crippen LogP contribution in [0.25, 0.3) is 0 Å². The Kier molecular flexibility index (Phi) is 1.76. The molecule has 2 bridgehead atoms. The monoisotopic (exact) mass is 191 g/mol. The van der Waals surface area contributed by atoms with Crippen LogP contribution in [-0.2, 0) is 0 Å². The minimum Gasteiger partial charge on any atom is -0.371 e.